The number of nitrogens with two attached hydrogens (primary N) is 1. The van der Waals surface area contributed by atoms with Gasteiger partial charge < -0.3 is 40.1 Å². The molecule has 4 fully saturated rings. The highest BCUT2D eigenvalue weighted by Crippen LogP contribution is 2.70. The summed E-state index contributed by atoms with van der Waals surface area (Å²) in [5.41, 5.74) is 11.3. The Bertz CT molecular complexity index is 2570. The molecule has 1 spiro atoms. The van der Waals surface area contributed by atoms with Gasteiger partial charge in [0.1, 0.15) is 30.6 Å². The molecule has 10 heteroatoms. The number of phenolic OH excluding ortho intramolecular Hbond substituents is 5. The second kappa shape index (κ2) is 18.4. The summed E-state index contributed by atoms with van der Waals surface area (Å²) >= 11 is 0. The quantitative estimate of drug-likeness (QED) is 0.0443. The molecule has 4 saturated carbocycles. The van der Waals surface area contributed by atoms with E-state index in [1.807, 2.05) is 18.2 Å². The third kappa shape index (κ3) is 8.49. The summed E-state index contributed by atoms with van der Waals surface area (Å²) in [7, 11) is 0. The summed E-state index contributed by atoms with van der Waals surface area (Å²) in [6, 6.07) is 32.0. The van der Waals surface area contributed by atoms with E-state index in [2.05, 4.69) is 30.3 Å². The first-order valence-corrected chi connectivity index (χ1v) is 24.6. The van der Waals surface area contributed by atoms with Gasteiger partial charge in [0.15, 0.2) is 23.0 Å². The van der Waals surface area contributed by atoms with Crippen LogP contribution in [0.4, 0.5) is 0 Å². The summed E-state index contributed by atoms with van der Waals surface area (Å²) in [5.74, 6) is -1.27. The van der Waals surface area contributed by atoms with Gasteiger partial charge in [0, 0.05) is 17.9 Å². The maximum Gasteiger partial charge on any atom is 0.200 e. The molecule has 0 heterocycles. The normalized spacial score (nSPS) is 28.3. The molecule has 0 saturated heterocycles. The largest absolute Gasteiger partial charge is 0.508 e. The first-order chi connectivity index (χ1) is 32.5. The van der Waals surface area contributed by atoms with Crippen LogP contribution in [0, 0.1) is 35.0 Å². The van der Waals surface area contributed by atoms with Crippen molar-refractivity contribution < 1.29 is 44.9 Å². The van der Waals surface area contributed by atoms with E-state index in [0.29, 0.717) is 25.7 Å². The second-order valence-corrected chi connectivity index (χ2v) is 20.9. The van der Waals surface area contributed by atoms with Crippen LogP contribution in [0.2, 0.25) is 0 Å². The zero-order valence-corrected chi connectivity index (χ0v) is 38.2. The Labute approximate surface area is 393 Å². The second-order valence-electron chi connectivity index (χ2n) is 20.9. The number of hydrogen-bond acceptors (Lipinski definition) is 10. The average molecular weight is 908 g/mol. The molecule has 0 aliphatic heterocycles. The number of aliphatic hydroxyl groups is 1. The number of rotatable bonds is 13. The van der Waals surface area contributed by atoms with Crippen molar-refractivity contribution in [2.24, 2.45) is 40.7 Å². The zero-order valence-electron chi connectivity index (χ0n) is 38.2. The lowest BCUT2D eigenvalue weighted by atomic mass is 9.47. The molecule has 0 aromatic heterocycles. The van der Waals surface area contributed by atoms with Crippen LogP contribution in [-0.2, 0) is 29.7 Å². The van der Waals surface area contributed by atoms with Crippen LogP contribution in [0.3, 0.4) is 0 Å². The molecule has 6 aliphatic carbocycles. The van der Waals surface area contributed by atoms with E-state index in [-0.39, 0.29) is 112 Å². The number of carbonyl (C=O) groups is 1. The van der Waals surface area contributed by atoms with Crippen LogP contribution < -0.4 is 15.2 Å². The van der Waals surface area contributed by atoms with Crippen molar-refractivity contribution in [3.8, 4) is 40.2 Å². The van der Waals surface area contributed by atoms with Gasteiger partial charge in [0.05, 0.1) is 6.10 Å². The summed E-state index contributed by atoms with van der Waals surface area (Å²) in [4.78, 5) is 14.9. The highest BCUT2D eigenvalue weighted by molar-refractivity contribution is 5.82. The predicted molar refractivity (Wildman–Crippen MR) is 255 cm³/mol. The lowest BCUT2D eigenvalue weighted by Gasteiger charge is -2.57. The summed E-state index contributed by atoms with van der Waals surface area (Å²) in [5, 5.41) is 68.0. The van der Waals surface area contributed by atoms with Gasteiger partial charge in [-0.3, -0.25) is 10.5 Å². The highest BCUT2D eigenvalue weighted by atomic mass is 16.5. The molecule has 11 rings (SSSR count). The minimum atomic E-state index is -0.994. The number of benzene rings is 5. The van der Waals surface area contributed by atoms with Gasteiger partial charge >= 0.3 is 0 Å². The molecule has 5 aromatic rings. The Morgan fingerprint density at radius 1 is 0.716 bits per heavy atom. The van der Waals surface area contributed by atoms with Crippen molar-refractivity contribution in [1.82, 2.24) is 0 Å². The molecule has 9 atom stereocenters. The molecular weight excluding hydrogens is 843 g/mol. The van der Waals surface area contributed by atoms with Gasteiger partial charge in [-0.15, -0.1) is 0 Å². The number of aliphatic hydroxyl groups excluding tert-OH is 1. The van der Waals surface area contributed by atoms with Gasteiger partial charge in [-0.05, 0) is 181 Å². The third-order valence-electron chi connectivity index (χ3n) is 17.3. The van der Waals surface area contributed by atoms with Crippen LogP contribution in [0.15, 0.2) is 103 Å². The molecule has 0 amide bonds. The topological polar surface area (TPSA) is 183 Å². The van der Waals surface area contributed by atoms with Gasteiger partial charge in [-0.1, -0.05) is 79.9 Å². The van der Waals surface area contributed by atoms with E-state index in [1.54, 1.807) is 54.6 Å². The Morgan fingerprint density at radius 2 is 1.48 bits per heavy atom. The van der Waals surface area contributed by atoms with Crippen molar-refractivity contribution in [1.29, 1.82) is 0 Å². The lowest BCUT2D eigenvalue weighted by Crippen LogP contribution is -2.53. The number of ketones is 1. The molecule has 10 nitrogen and oxygen atoms in total. The minimum Gasteiger partial charge on any atom is -0.508 e. The molecule has 8 N–H and O–H groups in total. The zero-order chi connectivity index (χ0) is 46.5. The van der Waals surface area contributed by atoms with Crippen LogP contribution in [-0.4, -0.2) is 49.3 Å². The maximum atomic E-state index is 14.9. The molecular formula is C57H65NO9. The number of phenols is 5. The maximum absolute atomic E-state index is 14.9. The van der Waals surface area contributed by atoms with E-state index in [0.717, 1.165) is 53.5 Å². The standard InChI is InChI=1S/C57H65NO9/c58-33-67-49-26-35(15-19-47(49)62)14-18-46(61)43-27-37(24-34-12-16-40(59)17-13-34)42-28-38-29-45(57(39-9-2-1-3-10-39)23-7-22-56(32-57)20-4-5-21-56)51(52(42)53(43)64)44-30-48(63)54(65)55(50(38)44)66-31-36-8-6-11-41(60)25-36/h1-3,6,8-13,15-17,19,25-26,30,37-38,42-43,45,51-53,59-60,62-65H,4-5,7,14,18,20-24,27-29,31-33,58H2. The first kappa shape index (κ1) is 45.1. The number of carbonyl (C=O) groups excluding carboxylic acids is 1. The number of hydrogen-bond donors (Lipinski definition) is 7. The summed E-state index contributed by atoms with van der Waals surface area (Å²) in [6.07, 6.45) is 11.5. The summed E-state index contributed by atoms with van der Waals surface area (Å²) in [6.45, 7) is -0.0397. The Hall–Kier alpha value is -5.71. The Kier molecular flexibility index (Phi) is 12.4. The van der Waals surface area contributed by atoms with E-state index >= 15 is 0 Å². The van der Waals surface area contributed by atoms with Gasteiger partial charge in [0.2, 0.25) is 5.75 Å². The summed E-state index contributed by atoms with van der Waals surface area (Å²) < 4.78 is 12.1. The molecule has 352 valence electrons. The number of Topliss-reactive ketones (excluding diaryl/α,β-unsaturated/α-hetero) is 1. The molecule has 0 radical (unpaired) electrons. The number of ether oxygens (including phenoxy) is 2. The van der Waals surface area contributed by atoms with E-state index in [9.17, 15) is 35.4 Å². The van der Waals surface area contributed by atoms with Crippen molar-refractivity contribution in [3.63, 3.8) is 0 Å². The minimum absolute atomic E-state index is 0.0118. The van der Waals surface area contributed by atoms with Gasteiger partial charge in [0.25, 0.3) is 0 Å². The monoisotopic (exact) mass is 907 g/mol. The molecule has 5 aromatic carbocycles. The van der Waals surface area contributed by atoms with Crippen molar-refractivity contribution in [3.05, 3.63) is 137 Å². The molecule has 67 heavy (non-hydrogen) atoms. The fourth-order valence-corrected chi connectivity index (χ4v) is 14.6. The third-order valence-corrected chi connectivity index (χ3v) is 17.3. The highest BCUT2D eigenvalue weighted by Gasteiger charge is 2.62. The van der Waals surface area contributed by atoms with Crippen molar-refractivity contribution >= 4 is 5.78 Å². The fraction of sp³-hybridized carbons (Fsp3) is 0.456. The first-order valence-electron chi connectivity index (χ1n) is 24.6. The lowest BCUT2D eigenvalue weighted by molar-refractivity contribution is -0.136. The number of aromatic hydroxyl groups is 5. The van der Waals surface area contributed by atoms with Crippen LogP contribution in [0.25, 0.3) is 0 Å². The van der Waals surface area contributed by atoms with Gasteiger partial charge in [-0.2, -0.15) is 0 Å². The van der Waals surface area contributed by atoms with E-state index in [1.165, 1.54) is 37.7 Å². The SMILES string of the molecule is NCOc1cc(CCC(=O)C2CC(Cc3ccc(O)cc3)C3CC4CC(C5(c6ccccc6)CCCC6(CCCC6)C5)C(c5cc(O)c(O)c(OCc6cccc(O)c6)c54)C3C2O)ccc1O. The number of fused-ring (bicyclic) bond motifs is 1. The Balaban J connectivity index is 1.12. The van der Waals surface area contributed by atoms with Crippen LogP contribution in [0.1, 0.15) is 122 Å². The Morgan fingerprint density at radius 3 is 2.24 bits per heavy atom. The van der Waals surface area contributed by atoms with Crippen molar-refractivity contribution in [2.75, 3.05) is 6.73 Å². The molecule has 9 unspecified atom stereocenters. The predicted octanol–water partition coefficient (Wildman–Crippen LogP) is 10.4. The van der Waals surface area contributed by atoms with Crippen LogP contribution in [0.5, 0.6) is 40.2 Å². The van der Waals surface area contributed by atoms with E-state index < -0.39 is 12.0 Å². The fourth-order valence-electron chi connectivity index (χ4n) is 14.6. The van der Waals surface area contributed by atoms with Crippen molar-refractivity contribution in [2.45, 2.75) is 120 Å². The average Bonchev–Trinajstić information content (AvgIpc) is 3.62. The van der Waals surface area contributed by atoms with Gasteiger partial charge in [-0.25, -0.2) is 0 Å². The smallest absolute Gasteiger partial charge is 0.200 e. The number of aryl methyl sites for hydroxylation is 1. The van der Waals surface area contributed by atoms with Crippen LogP contribution >= 0.6 is 0 Å². The molecule has 6 aliphatic rings. The van der Waals surface area contributed by atoms with E-state index in [4.69, 9.17) is 15.2 Å². The molecule has 2 bridgehead atoms.